The third-order valence-electron chi connectivity index (χ3n) is 2.63. The smallest absolute Gasteiger partial charge is 0.284 e. The van der Waals surface area contributed by atoms with Gasteiger partial charge in [0.2, 0.25) is 0 Å². The van der Waals surface area contributed by atoms with E-state index in [1.165, 1.54) is 11.3 Å². The molecule has 1 aromatic carbocycles. The topological polar surface area (TPSA) is 86.5 Å². The van der Waals surface area contributed by atoms with E-state index < -0.39 is 0 Å². The van der Waals surface area contributed by atoms with Gasteiger partial charge in [-0.2, -0.15) is 0 Å². The van der Waals surface area contributed by atoms with Gasteiger partial charge >= 0.3 is 0 Å². The zero-order chi connectivity index (χ0) is 15.1. The second kappa shape index (κ2) is 7.61. The van der Waals surface area contributed by atoms with Crippen LogP contribution in [-0.2, 0) is 6.42 Å². The lowest BCUT2D eigenvalue weighted by Crippen LogP contribution is -2.30. The van der Waals surface area contributed by atoms with Crippen molar-refractivity contribution < 1.29 is 14.3 Å². The predicted molar refractivity (Wildman–Crippen MR) is 80.6 cm³/mol. The van der Waals surface area contributed by atoms with Crippen LogP contribution in [0.4, 0.5) is 0 Å². The molecule has 6 nitrogen and oxygen atoms in total. The van der Waals surface area contributed by atoms with E-state index >= 15 is 0 Å². The second-order valence-electron chi connectivity index (χ2n) is 4.10. The van der Waals surface area contributed by atoms with Gasteiger partial charge in [-0.15, -0.1) is 11.3 Å². The van der Waals surface area contributed by atoms with Gasteiger partial charge in [-0.3, -0.25) is 10.2 Å². The minimum Gasteiger partial charge on any atom is -0.494 e. The number of benzene rings is 1. The van der Waals surface area contributed by atoms with Crippen molar-refractivity contribution in [1.82, 2.24) is 10.4 Å². The van der Waals surface area contributed by atoms with E-state index in [2.05, 4.69) is 10.4 Å². The molecule has 0 atom stereocenters. The fraction of sp³-hybridized carbons (Fsp3) is 0.286. The predicted octanol–water partition coefficient (Wildman–Crippen LogP) is 1.77. The average molecular weight is 307 g/mol. The summed E-state index contributed by atoms with van der Waals surface area (Å²) in [4.78, 5) is 15.4. The molecule has 0 unspecified atom stereocenters. The zero-order valence-corrected chi connectivity index (χ0v) is 12.5. The molecule has 0 bridgehead atoms. The van der Waals surface area contributed by atoms with E-state index in [0.29, 0.717) is 25.3 Å². The number of aromatic nitrogens is 1. The summed E-state index contributed by atoms with van der Waals surface area (Å²) in [6.07, 6.45) is 0.635. The number of ether oxygens (including phenoxy) is 2. The third kappa shape index (κ3) is 4.44. The van der Waals surface area contributed by atoms with E-state index in [1.807, 2.05) is 31.2 Å². The van der Waals surface area contributed by atoms with Crippen molar-refractivity contribution in [2.75, 3.05) is 13.2 Å². The lowest BCUT2D eigenvalue weighted by atomic mass is 10.3. The molecule has 1 amide bonds. The van der Waals surface area contributed by atoms with E-state index in [9.17, 15) is 4.79 Å². The number of rotatable bonds is 7. The number of nitrogens with one attached hydrogen (secondary N) is 1. The van der Waals surface area contributed by atoms with Gasteiger partial charge in [0.25, 0.3) is 5.91 Å². The molecule has 0 saturated heterocycles. The maximum absolute atomic E-state index is 11.3. The van der Waals surface area contributed by atoms with Crippen molar-refractivity contribution in [3.63, 3.8) is 0 Å². The first-order chi connectivity index (χ1) is 10.2. The lowest BCUT2D eigenvalue weighted by Gasteiger charge is -2.06. The number of hydrazine groups is 1. The number of nitrogens with two attached hydrogens (primary N) is 1. The summed E-state index contributed by atoms with van der Waals surface area (Å²) in [7, 11) is 0. The maximum atomic E-state index is 11.3. The Labute approximate surface area is 126 Å². The van der Waals surface area contributed by atoms with Gasteiger partial charge in [0.05, 0.1) is 18.2 Å². The summed E-state index contributed by atoms with van der Waals surface area (Å²) < 4.78 is 11.0. The maximum Gasteiger partial charge on any atom is 0.284 e. The molecular weight excluding hydrogens is 290 g/mol. The molecule has 0 fully saturated rings. The first-order valence-corrected chi connectivity index (χ1v) is 7.42. The molecular formula is C14H17N3O3S. The Hall–Kier alpha value is -2.12. The van der Waals surface area contributed by atoms with Crippen LogP contribution in [0.25, 0.3) is 0 Å². The lowest BCUT2D eigenvalue weighted by molar-refractivity contribution is 0.0949. The fourth-order valence-electron chi connectivity index (χ4n) is 1.66. The number of nitrogen functional groups attached to an aromatic ring is 1. The SMILES string of the molecule is CCOc1ccc(OCCc2nc(C(=O)NN)cs2)cc1. The van der Waals surface area contributed by atoms with Crippen molar-refractivity contribution in [1.29, 1.82) is 0 Å². The molecule has 0 radical (unpaired) electrons. The highest BCUT2D eigenvalue weighted by Crippen LogP contribution is 2.18. The Morgan fingerprint density at radius 3 is 2.57 bits per heavy atom. The van der Waals surface area contributed by atoms with Crippen molar-refractivity contribution in [3.05, 3.63) is 40.3 Å². The summed E-state index contributed by atoms with van der Waals surface area (Å²) in [5, 5.41) is 2.51. The van der Waals surface area contributed by atoms with Crippen molar-refractivity contribution >= 4 is 17.2 Å². The summed E-state index contributed by atoms with van der Waals surface area (Å²) in [5.74, 6) is 6.26. The molecule has 1 aromatic heterocycles. The highest BCUT2D eigenvalue weighted by molar-refractivity contribution is 7.09. The minimum atomic E-state index is -0.384. The van der Waals surface area contributed by atoms with Gasteiger partial charge in [-0.05, 0) is 31.2 Å². The van der Waals surface area contributed by atoms with Crippen LogP contribution in [0.15, 0.2) is 29.6 Å². The van der Waals surface area contributed by atoms with Crippen LogP contribution >= 0.6 is 11.3 Å². The van der Waals surface area contributed by atoms with Crippen LogP contribution in [0, 0.1) is 0 Å². The summed E-state index contributed by atoms with van der Waals surface area (Å²) in [5.41, 5.74) is 2.39. The Kier molecular flexibility index (Phi) is 5.53. The van der Waals surface area contributed by atoms with Crippen LogP contribution in [0.1, 0.15) is 22.4 Å². The first kappa shape index (κ1) is 15.3. The molecule has 112 valence electrons. The first-order valence-electron chi connectivity index (χ1n) is 6.54. The standard InChI is InChI=1S/C14H17N3O3S/c1-2-19-10-3-5-11(6-4-10)20-8-7-13-16-12(9-21-13)14(18)17-15/h3-6,9H,2,7-8,15H2,1H3,(H,17,18). The quantitative estimate of drug-likeness (QED) is 0.462. The highest BCUT2D eigenvalue weighted by Gasteiger charge is 2.09. The highest BCUT2D eigenvalue weighted by atomic mass is 32.1. The minimum absolute atomic E-state index is 0.332. The monoisotopic (exact) mass is 307 g/mol. The fourth-order valence-corrected chi connectivity index (χ4v) is 2.42. The number of carbonyl (C=O) groups is 1. The molecule has 0 spiro atoms. The third-order valence-corrected chi connectivity index (χ3v) is 3.54. The second-order valence-corrected chi connectivity index (χ2v) is 5.05. The molecule has 0 aliphatic heterocycles. The van der Waals surface area contributed by atoms with Crippen LogP contribution in [-0.4, -0.2) is 24.1 Å². The summed E-state index contributed by atoms with van der Waals surface area (Å²) in [6, 6.07) is 7.46. The molecule has 3 N–H and O–H groups in total. The van der Waals surface area contributed by atoms with Crippen LogP contribution in [0.3, 0.4) is 0 Å². The van der Waals surface area contributed by atoms with Crippen LogP contribution in [0.5, 0.6) is 11.5 Å². The van der Waals surface area contributed by atoms with Crippen LogP contribution < -0.4 is 20.7 Å². The number of thiazole rings is 1. The van der Waals surface area contributed by atoms with Crippen molar-refractivity contribution in [2.45, 2.75) is 13.3 Å². The van der Waals surface area contributed by atoms with E-state index in [0.717, 1.165) is 16.5 Å². The number of amides is 1. The largest absolute Gasteiger partial charge is 0.494 e. The normalized spacial score (nSPS) is 10.2. The van der Waals surface area contributed by atoms with E-state index in [4.69, 9.17) is 15.3 Å². The Morgan fingerprint density at radius 2 is 1.95 bits per heavy atom. The molecule has 2 rings (SSSR count). The van der Waals surface area contributed by atoms with Crippen molar-refractivity contribution in [2.24, 2.45) is 5.84 Å². The van der Waals surface area contributed by atoms with Gasteiger partial charge < -0.3 is 9.47 Å². The summed E-state index contributed by atoms with van der Waals surface area (Å²) in [6.45, 7) is 3.08. The van der Waals surface area contributed by atoms with Gasteiger partial charge in [0.1, 0.15) is 17.2 Å². The number of hydrogen-bond acceptors (Lipinski definition) is 6. The Morgan fingerprint density at radius 1 is 1.29 bits per heavy atom. The van der Waals surface area contributed by atoms with Gasteiger partial charge in [0.15, 0.2) is 0 Å². The molecule has 1 heterocycles. The molecule has 21 heavy (non-hydrogen) atoms. The summed E-state index contributed by atoms with van der Waals surface area (Å²) >= 11 is 1.41. The molecule has 7 heteroatoms. The van der Waals surface area contributed by atoms with E-state index in [1.54, 1.807) is 5.38 Å². The number of nitrogens with zero attached hydrogens (tertiary/aromatic N) is 1. The Bertz CT molecular complexity index is 583. The van der Waals surface area contributed by atoms with Gasteiger partial charge in [-0.1, -0.05) is 0 Å². The van der Waals surface area contributed by atoms with Gasteiger partial charge in [-0.25, -0.2) is 10.8 Å². The number of hydrogen-bond donors (Lipinski definition) is 2. The molecule has 0 aliphatic carbocycles. The van der Waals surface area contributed by atoms with E-state index in [-0.39, 0.29) is 5.91 Å². The molecule has 0 aliphatic rings. The average Bonchev–Trinajstić information content (AvgIpc) is 2.97. The van der Waals surface area contributed by atoms with Crippen LogP contribution in [0.2, 0.25) is 0 Å². The molecule has 0 saturated carbocycles. The number of carbonyl (C=O) groups excluding carboxylic acids is 1. The van der Waals surface area contributed by atoms with Crippen molar-refractivity contribution in [3.8, 4) is 11.5 Å². The molecule has 2 aromatic rings. The van der Waals surface area contributed by atoms with Gasteiger partial charge in [0, 0.05) is 11.8 Å². The Balaban J connectivity index is 1.81. The zero-order valence-electron chi connectivity index (χ0n) is 11.7.